The van der Waals surface area contributed by atoms with Crippen LogP contribution in [0.4, 0.5) is 10.5 Å². The normalized spacial score (nSPS) is 11.6. The first-order chi connectivity index (χ1) is 11.4. The minimum Gasteiger partial charge on any atom is -0.480 e. The Morgan fingerprint density at radius 1 is 1.33 bits per heavy atom. The Labute approximate surface area is 142 Å². The number of aromatic nitrogens is 2. The summed E-state index contributed by atoms with van der Waals surface area (Å²) in [6, 6.07) is 7.36. The number of nitrogens with two attached hydrogens (primary N) is 1. The number of aliphatic carboxylic acids is 1. The molecule has 4 N–H and O–H groups in total. The Kier molecular flexibility index (Phi) is 5.67. The third-order valence-corrected chi connectivity index (χ3v) is 3.51. The molecule has 2 rings (SSSR count). The predicted octanol–water partition coefficient (Wildman–Crippen LogP) is 1.93. The zero-order chi connectivity index (χ0) is 17.7. The van der Waals surface area contributed by atoms with Crippen LogP contribution in [0.15, 0.2) is 30.3 Å². The lowest BCUT2D eigenvalue weighted by molar-refractivity contribution is -0.138. The van der Waals surface area contributed by atoms with Crippen molar-refractivity contribution in [3.05, 3.63) is 41.0 Å². The molecule has 1 heterocycles. The molecule has 1 amide bonds. The molecule has 24 heavy (non-hydrogen) atoms. The van der Waals surface area contributed by atoms with E-state index in [4.69, 9.17) is 22.4 Å². The van der Waals surface area contributed by atoms with E-state index in [1.54, 1.807) is 30.3 Å². The highest BCUT2D eigenvalue weighted by Crippen LogP contribution is 2.23. The van der Waals surface area contributed by atoms with Gasteiger partial charge in [0, 0.05) is 17.7 Å². The van der Waals surface area contributed by atoms with Crippen LogP contribution in [-0.4, -0.2) is 40.5 Å². The molecule has 0 bridgehead atoms. The van der Waals surface area contributed by atoms with Gasteiger partial charge < -0.3 is 15.6 Å². The number of benzene rings is 1. The summed E-state index contributed by atoms with van der Waals surface area (Å²) in [6.45, 7) is 0. The molecule has 0 aliphatic rings. The van der Waals surface area contributed by atoms with Gasteiger partial charge in [-0.2, -0.15) is 0 Å². The van der Waals surface area contributed by atoms with Crippen LogP contribution in [0.3, 0.4) is 0 Å². The molecular weight excluding hydrogens is 336 g/mol. The molecule has 0 saturated heterocycles. The summed E-state index contributed by atoms with van der Waals surface area (Å²) in [7, 11) is 1.27. The van der Waals surface area contributed by atoms with Gasteiger partial charge in [-0.25, -0.2) is 4.79 Å². The predicted molar refractivity (Wildman–Crippen MR) is 87.8 cm³/mol. The molecule has 1 atom stereocenters. The van der Waals surface area contributed by atoms with Crippen LogP contribution in [0.1, 0.15) is 5.56 Å². The second-order valence-electron chi connectivity index (χ2n) is 4.89. The van der Waals surface area contributed by atoms with Crippen molar-refractivity contribution >= 4 is 29.4 Å². The average Bonchev–Trinajstić information content (AvgIpc) is 2.57. The smallest absolute Gasteiger partial charge is 0.411 e. The lowest BCUT2D eigenvalue weighted by atomic mass is 10.1. The first-order valence-corrected chi connectivity index (χ1v) is 7.24. The number of methoxy groups -OCH3 is 1. The summed E-state index contributed by atoms with van der Waals surface area (Å²) < 4.78 is 4.51. The fourth-order valence-corrected chi connectivity index (χ4v) is 2.09. The van der Waals surface area contributed by atoms with Gasteiger partial charge in [-0.1, -0.05) is 23.7 Å². The second-order valence-corrected chi connectivity index (χ2v) is 5.25. The van der Waals surface area contributed by atoms with Gasteiger partial charge in [-0.15, -0.1) is 10.2 Å². The topological polar surface area (TPSA) is 127 Å². The number of nitrogens with zero attached hydrogens (tertiary/aromatic N) is 2. The van der Waals surface area contributed by atoms with E-state index in [2.05, 4.69) is 20.3 Å². The monoisotopic (exact) mass is 350 g/mol. The molecule has 9 heteroatoms. The molecule has 8 nitrogen and oxygen atoms in total. The lowest BCUT2D eigenvalue weighted by Gasteiger charge is -2.09. The third kappa shape index (κ3) is 4.40. The third-order valence-electron chi connectivity index (χ3n) is 3.19. The summed E-state index contributed by atoms with van der Waals surface area (Å²) >= 11 is 5.95. The maximum absolute atomic E-state index is 11.1. The number of hydrogen-bond acceptors (Lipinski definition) is 6. The summed E-state index contributed by atoms with van der Waals surface area (Å²) in [6.07, 6.45) is -0.530. The molecule has 0 aliphatic heterocycles. The Hall–Kier alpha value is -2.71. The van der Waals surface area contributed by atoms with E-state index in [0.29, 0.717) is 16.9 Å². The highest BCUT2D eigenvalue weighted by molar-refractivity contribution is 6.30. The van der Waals surface area contributed by atoms with Crippen LogP contribution in [0.25, 0.3) is 11.3 Å². The molecule has 0 radical (unpaired) electrons. The average molecular weight is 351 g/mol. The van der Waals surface area contributed by atoms with E-state index in [1.165, 1.54) is 7.11 Å². The maximum Gasteiger partial charge on any atom is 0.411 e. The number of rotatable bonds is 5. The Morgan fingerprint density at radius 2 is 2.00 bits per heavy atom. The molecule has 1 aromatic carbocycles. The van der Waals surface area contributed by atoms with E-state index < -0.39 is 18.1 Å². The van der Waals surface area contributed by atoms with E-state index in [9.17, 15) is 9.59 Å². The van der Waals surface area contributed by atoms with Crippen molar-refractivity contribution in [1.82, 2.24) is 10.2 Å². The van der Waals surface area contributed by atoms with Gasteiger partial charge in [0.25, 0.3) is 0 Å². The van der Waals surface area contributed by atoms with E-state index in [-0.39, 0.29) is 11.6 Å². The van der Waals surface area contributed by atoms with Crippen molar-refractivity contribution in [2.45, 2.75) is 12.5 Å². The summed E-state index contributed by atoms with van der Waals surface area (Å²) in [4.78, 5) is 22.0. The Bertz CT molecular complexity index is 752. The van der Waals surface area contributed by atoms with Crippen LogP contribution in [0.5, 0.6) is 0 Å². The number of anilines is 1. The highest BCUT2D eigenvalue weighted by Gasteiger charge is 2.16. The first kappa shape index (κ1) is 17.6. The number of carbonyl (C=O) groups is 2. The van der Waals surface area contributed by atoms with Gasteiger partial charge in [0.15, 0.2) is 5.15 Å². The van der Waals surface area contributed by atoms with Gasteiger partial charge >= 0.3 is 12.1 Å². The molecular formula is C15H15ClN4O4. The highest BCUT2D eigenvalue weighted by atomic mass is 35.5. The molecule has 126 valence electrons. The summed E-state index contributed by atoms with van der Waals surface area (Å²) in [5.74, 6) is -1.12. The largest absolute Gasteiger partial charge is 0.480 e. The second kappa shape index (κ2) is 7.71. The molecule has 0 aliphatic carbocycles. The number of ether oxygens (including phenoxy) is 1. The number of carboxylic acid groups (broad SMARTS) is 1. The number of amides is 1. The van der Waals surface area contributed by atoms with Gasteiger partial charge in [-0.05, 0) is 23.8 Å². The molecule has 1 aromatic heterocycles. The van der Waals surface area contributed by atoms with Crippen LogP contribution in [0.2, 0.25) is 5.15 Å². The fourth-order valence-electron chi connectivity index (χ4n) is 1.92. The van der Waals surface area contributed by atoms with Crippen molar-refractivity contribution in [2.75, 3.05) is 12.4 Å². The first-order valence-electron chi connectivity index (χ1n) is 6.86. The number of carbonyl (C=O) groups excluding carboxylic acids is 1. The van der Waals surface area contributed by atoms with Crippen LogP contribution < -0.4 is 11.1 Å². The van der Waals surface area contributed by atoms with Gasteiger partial charge in [-0.3, -0.25) is 10.1 Å². The molecule has 0 saturated carbocycles. The van der Waals surface area contributed by atoms with E-state index in [1.807, 2.05) is 0 Å². The minimum atomic E-state index is -1.12. The van der Waals surface area contributed by atoms with Crippen molar-refractivity contribution in [2.24, 2.45) is 5.73 Å². The molecule has 0 spiro atoms. The lowest BCUT2D eigenvalue weighted by Crippen LogP contribution is -2.32. The zero-order valence-corrected chi connectivity index (χ0v) is 13.4. The summed E-state index contributed by atoms with van der Waals surface area (Å²) in [5.41, 5.74) is 7.81. The standard InChI is InChI=1S/C15H15ClN4O4/c1-24-15(23)18-10-4-2-8(3-5-10)12-7-9(13(16)20-19-12)6-11(17)14(21)22/h2-5,7,11H,6,17H2,1H3,(H,18,23)(H,21,22). The summed E-state index contributed by atoms with van der Waals surface area (Å²) in [5, 5.41) is 19.3. The number of carboxylic acids is 1. The Morgan fingerprint density at radius 3 is 2.58 bits per heavy atom. The molecule has 0 fully saturated rings. The number of hydrogen-bond donors (Lipinski definition) is 3. The van der Waals surface area contributed by atoms with Crippen LogP contribution >= 0.6 is 11.6 Å². The van der Waals surface area contributed by atoms with Crippen LogP contribution in [-0.2, 0) is 16.0 Å². The zero-order valence-electron chi connectivity index (χ0n) is 12.7. The Balaban J connectivity index is 2.22. The van der Waals surface area contributed by atoms with Gasteiger partial charge in [0.2, 0.25) is 0 Å². The molecule has 1 unspecified atom stereocenters. The van der Waals surface area contributed by atoms with E-state index in [0.717, 1.165) is 5.56 Å². The van der Waals surface area contributed by atoms with Crippen molar-refractivity contribution in [1.29, 1.82) is 0 Å². The maximum atomic E-state index is 11.1. The SMILES string of the molecule is COC(=O)Nc1ccc(-c2cc(CC(N)C(=O)O)c(Cl)nn2)cc1. The van der Waals surface area contributed by atoms with Gasteiger partial charge in [0.05, 0.1) is 12.8 Å². The van der Waals surface area contributed by atoms with Crippen LogP contribution in [0, 0.1) is 0 Å². The minimum absolute atomic E-state index is 0.0403. The van der Waals surface area contributed by atoms with Crippen molar-refractivity contribution < 1.29 is 19.4 Å². The number of halogens is 1. The van der Waals surface area contributed by atoms with Gasteiger partial charge in [0.1, 0.15) is 6.04 Å². The van der Waals surface area contributed by atoms with Crippen molar-refractivity contribution in [3.63, 3.8) is 0 Å². The number of nitrogens with one attached hydrogen (secondary N) is 1. The quantitative estimate of drug-likeness (QED) is 0.751. The fraction of sp³-hybridized carbons (Fsp3) is 0.200. The van der Waals surface area contributed by atoms with E-state index >= 15 is 0 Å². The molecule has 2 aromatic rings. The van der Waals surface area contributed by atoms with Crippen molar-refractivity contribution in [3.8, 4) is 11.3 Å².